The Morgan fingerprint density at radius 3 is 2.80 bits per heavy atom. The first-order valence-corrected chi connectivity index (χ1v) is 10.8. The van der Waals surface area contributed by atoms with E-state index < -0.39 is 0 Å². The molecule has 0 aliphatic carbocycles. The van der Waals surface area contributed by atoms with Crippen LogP contribution in [0.3, 0.4) is 0 Å². The number of ether oxygens (including phenoxy) is 1. The Morgan fingerprint density at radius 1 is 1.23 bits per heavy atom. The zero-order valence-corrected chi connectivity index (χ0v) is 18.2. The molecule has 6 heteroatoms. The summed E-state index contributed by atoms with van der Waals surface area (Å²) in [5.74, 6) is -0.525. The molecule has 6 nitrogen and oxygen atoms in total. The second-order valence-electron chi connectivity index (χ2n) is 8.02. The number of nitrogens with one attached hydrogen (secondary N) is 1. The number of hydrogen-bond donors (Lipinski definition) is 1. The molecular formula is C24H30N4O2. The van der Waals surface area contributed by atoms with E-state index in [0.29, 0.717) is 6.42 Å². The molecule has 3 aromatic rings. The zero-order valence-electron chi connectivity index (χ0n) is 18.2. The molecule has 158 valence electrons. The van der Waals surface area contributed by atoms with E-state index in [1.165, 1.54) is 18.2 Å². The molecule has 1 aliphatic heterocycles. The number of nitrogens with zero attached hydrogens (tertiary/aromatic N) is 3. The summed E-state index contributed by atoms with van der Waals surface area (Å²) in [6, 6.07) is 10.9. The van der Waals surface area contributed by atoms with Crippen LogP contribution >= 0.6 is 0 Å². The number of hydrogen-bond acceptors (Lipinski definition) is 5. The number of carbonyl (C=O) groups is 1. The standard InChI is InChI=1S/C24H30N4O2/c1-5-19(24(29)30-4)22(17-8-7-16-11-12-25-14-18(16)13-17)20-9-10-21-23(15(20)3)26-27-28(21)6-2/h7-10,13,19,22,25H,5-6,11-12,14H2,1-4H3/t19?,22-/m1/s1. The summed E-state index contributed by atoms with van der Waals surface area (Å²) in [7, 11) is 1.47. The molecule has 30 heavy (non-hydrogen) atoms. The fraction of sp³-hybridized carbons (Fsp3) is 0.458. The van der Waals surface area contributed by atoms with Crippen LogP contribution < -0.4 is 5.32 Å². The Bertz CT molecular complexity index is 1070. The van der Waals surface area contributed by atoms with Gasteiger partial charge in [-0.1, -0.05) is 36.4 Å². The van der Waals surface area contributed by atoms with E-state index in [0.717, 1.165) is 53.8 Å². The zero-order chi connectivity index (χ0) is 21.3. The van der Waals surface area contributed by atoms with E-state index in [-0.39, 0.29) is 17.8 Å². The van der Waals surface area contributed by atoms with Gasteiger partial charge in [-0.2, -0.15) is 0 Å². The van der Waals surface area contributed by atoms with Crippen molar-refractivity contribution in [3.05, 3.63) is 58.1 Å². The van der Waals surface area contributed by atoms with Crippen molar-refractivity contribution in [2.75, 3.05) is 13.7 Å². The van der Waals surface area contributed by atoms with Crippen molar-refractivity contribution < 1.29 is 9.53 Å². The van der Waals surface area contributed by atoms with Crippen LogP contribution in [0.5, 0.6) is 0 Å². The predicted octanol–water partition coefficient (Wildman–Crippen LogP) is 3.74. The molecule has 0 radical (unpaired) electrons. The number of fused-ring (bicyclic) bond motifs is 2. The predicted molar refractivity (Wildman–Crippen MR) is 117 cm³/mol. The van der Waals surface area contributed by atoms with Gasteiger partial charge in [-0.25, -0.2) is 4.68 Å². The highest BCUT2D eigenvalue weighted by atomic mass is 16.5. The van der Waals surface area contributed by atoms with Crippen molar-refractivity contribution in [2.45, 2.75) is 52.6 Å². The van der Waals surface area contributed by atoms with Crippen LogP contribution in [0.25, 0.3) is 11.0 Å². The lowest BCUT2D eigenvalue weighted by atomic mass is 9.76. The van der Waals surface area contributed by atoms with Gasteiger partial charge in [0.05, 0.1) is 18.5 Å². The van der Waals surface area contributed by atoms with E-state index in [9.17, 15) is 4.79 Å². The second kappa shape index (κ2) is 8.56. The van der Waals surface area contributed by atoms with E-state index in [2.05, 4.69) is 66.7 Å². The topological polar surface area (TPSA) is 69.0 Å². The molecule has 0 fully saturated rings. The van der Waals surface area contributed by atoms with Gasteiger partial charge in [0.1, 0.15) is 5.52 Å². The van der Waals surface area contributed by atoms with Gasteiger partial charge in [0.15, 0.2) is 0 Å². The van der Waals surface area contributed by atoms with Crippen molar-refractivity contribution in [3.63, 3.8) is 0 Å². The van der Waals surface area contributed by atoms with E-state index in [1.54, 1.807) is 0 Å². The van der Waals surface area contributed by atoms with Crippen LogP contribution in [0.1, 0.15) is 54.0 Å². The Morgan fingerprint density at radius 2 is 2.07 bits per heavy atom. The van der Waals surface area contributed by atoms with Gasteiger partial charge >= 0.3 is 5.97 Å². The van der Waals surface area contributed by atoms with Crippen molar-refractivity contribution >= 4 is 17.0 Å². The molecule has 0 saturated heterocycles. The van der Waals surface area contributed by atoms with E-state index in [4.69, 9.17) is 4.74 Å². The minimum absolute atomic E-state index is 0.0918. The van der Waals surface area contributed by atoms with Crippen molar-refractivity contribution in [3.8, 4) is 0 Å². The summed E-state index contributed by atoms with van der Waals surface area (Å²) in [6.45, 7) is 8.85. The van der Waals surface area contributed by atoms with Crippen molar-refractivity contribution in [1.29, 1.82) is 0 Å². The molecule has 0 spiro atoms. The molecule has 0 saturated carbocycles. The lowest BCUT2D eigenvalue weighted by Gasteiger charge is -2.28. The Balaban J connectivity index is 1.89. The molecule has 2 aromatic carbocycles. The highest BCUT2D eigenvalue weighted by molar-refractivity contribution is 5.81. The fourth-order valence-electron chi connectivity index (χ4n) is 4.77. The molecular weight excluding hydrogens is 376 g/mol. The summed E-state index contributed by atoms with van der Waals surface area (Å²) in [4.78, 5) is 12.8. The van der Waals surface area contributed by atoms with Gasteiger partial charge in [0.2, 0.25) is 0 Å². The molecule has 1 unspecified atom stereocenters. The van der Waals surface area contributed by atoms with Crippen LogP contribution in [-0.2, 0) is 29.0 Å². The third-order valence-corrected chi connectivity index (χ3v) is 6.44. The molecule has 0 amide bonds. The first-order chi connectivity index (χ1) is 14.6. The Hall–Kier alpha value is -2.73. The van der Waals surface area contributed by atoms with Gasteiger partial charge in [0.25, 0.3) is 0 Å². The summed E-state index contributed by atoms with van der Waals surface area (Å²) in [6.07, 6.45) is 1.74. The third-order valence-electron chi connectivity index (χ3n) is 6.44. The van der Waals surface area contributed by atoms with Crippen LogP contribution in [0.15, 0.2) is 30.3 Å². The highest BCUT2D eigenvalue weighted by Crippen LogP contribution is 2.39. The number of carbonyl (C=O) groups excluding carboxylic acids is 1. The summed E-state index contributed by atoms with van der Waals surface area (Å²) < 4.78 is 7.11. The molecule has 1 aliphatic rings. The first kappa shape index (κ1) is 20.5. The minimum Gasteiger partial charge on any atom is -0.469 e. The molecule has 4 rings (SSSR count). The monoisotopic (exact) mass is 406 g/mol. The molecule has 2 atom stereocenters. The van der Waals surface area contributed by atoms with Gasteiger partial charge in [-0.05, 0) is 67.1 Å². The van der Waals surface area contributed by atoms with Crippen LogP contribution in [0, 0.1) is 12.8 Å². The fourth-order valence-corrected chi connectivity index (χ4v) is 4.77. The number of aromatic nitrogens is 3. The summed E-state index contributed by atoms with van der Waals surface area (Å²) in [5.41, 5.74) is 7.98. The smallest absolute Gasteiger partial charge is 0.309 e. The largest absolute Gasteiger partial charge is 0.469 e. The van der Waals surface area contributed by atoms with Gasteiger partial charge in [-0.15, -0.1) is 5.10 Å². The maximum Gasteiger partial charge on any atom is 0.309 e. The number of benzene rings is 2. The number of methoxy groups -OCH3 is 1. The summed E-state index contributed by atoms with van der Waals surface area (Å²) >= 11 is 0. The average Bonchev–Trinajstić information content (AvgIpc) is 3.21. The molecule has 1 aromatic heterocycles. The maximum atomic E-state index is 12.8. The molecule has 2 heterocycles. The second-order valence-corrected chi connectivity index (χ2v) is 8.02. The van der Waals surface area contributed by atoms with E-state index in [1.807, 2.05) is 4.68 Å². The molecule has 1 N–H and O–H groups in total. The van der Waals surface area contributed by atoms with Crippen LogP contribution in [-0.4, -0.2) is 34.6 Å². The van der Waals surface area contributed by atoms with Crippen molar-refractivity contribution in [2.24, 2.45) is 5.92 Å². The number of rotatable bonds is 6. The average molecular weight is 407 g/mol. The minimum atomic E-state index is -0.262. The maximum absolute atomic E-state index is 12.8. The first-order valence-electron chi connectivity index (χ1n) is 10.8. The SMILES string of the molecule is CCC(C(=O)OC)[C@@H](c1ccc2c(c1)CNCC2)c1ccc2c(nnn2CC)c1C. The van der Waals surface area contributed by atoms with E-state index >= 15 is 0 Å². The van der Waals surface area contributed by atoms with Crippen LogP contribution in [0.4, 0.5) is 0 Å². The number of esters is 1. The highest BCUT2D eigenvalue weighted by Gasteiger charge is 2.32. The lowest BCUT2D eigenvalue weighted by Crippen LogP contribution is -2.26. The quantitative estimate of drug-likeness (QED) is 0.632. The van der Waals surface area contributed by atoms with Gasteiger partial charge in [-0.3, -0.25) is 4.79 Å². The van der Waals surface area contributed by atoms with Crippen LogP contribution in [0.2, 0.25) is 0 Å². The lowest BCUT2D eigenvalue weighted by molar-refractivity contribution is -0.146. The normalized spacial score (nSPS) is 15.6. The summed E-state index contributed by atoms with van der Waals surface area (Å²) in [5, 5.41) is 12.2. The third kappa shape index (κ3) is 3.49. The molecule has 0 bridgehead atoms. The van der Waals surface area contributed by atoms with Crippen molar-refractivity contribution in [1.82, 2.24) is 20.3 Å². The van der Waals surface area contributed by atoms with Gasteiger partial charge in [0, 0.05) is 19.0 Å². The number of aryl methyl sites for hydroxylation is 2. The Kier molecular flexibility index (Phi) is 5.86. The Labute approximate surface area is 177 Å². The van der Waals surface area contributed by atoms with Gasteiger partial charge < -0.3 is 10.1 Å².